The van der Waals surface area contributed by atoms with Gasteiger partial charge in [0.15, 0.2) is 0 Å². The van der Waals surface area contributed by atoms with Gasteiger partial charge in [0, 0.05) is 10.6 Å². The molecule has 0 amide bonds. The summed E-state index contributed by atoms with van der Waals surface area (Å²) in [4.78, 5) is 0. The third-order valence-corrected chi connectivity index (χ3v) is 11.8. The SMILES string of the molecule is C1=CCCC(P(c2ccccc2)c2ccccc2Oc2ccccc2P(c2ccccc2)c2ccccc2)=C1. The number of ether oxygens (including phenoxy) is 1. The van der Waals surface area contributed by atoms with E-state index in [9.17, 15) is 0 Å². The Morgan fingerprint density at radius 3 is 1.38 bits per heavy atom. The van der Waals surface area contributed by atoms with Crippen LogP contribution < -0.4 is 31.3 Å². The van der Waals surface area contributed by atoms with E-state index in [4.69, 9.17) is 4.74 Å². The number of allylic oxidation sites excluding steroid dienone is 4. The average molecular weight is 541 g/mol. The van der Waals surface area contributed by atoms with Crippen LogP contribution in [0.4, 0.5) is 0 Å². The fraction of sp³-hybridized carbons (Fsp3) is 0.0556. The molecule has 5 aromatic carbocycles. The molecule has 0 N–H and O–H groups in total. The fourth-order valence-corrected chi connectivity index (χ4v) is 9.89. The van der Waals surface area contributed by atoms with Crippen molar-refractivity contribution in [3.05, 3.63) is 163 Å². The summed E-state index contributed by atoms with van der Waals surface area (Å²) in [5.74, 6) is 1.86. The summed E-state index contributed by atoms with van der Waals surface area (Å²) in [7, 11) is -1.49. The summed E-state index contributed by atoms with van der Waals surface area (Å²) in [6, 6.07) is 49.8. The standard InChI is InChI=1S/C36H30OP2/c1-5-17-29(18-6-1)38(30-19-7-2-8-20-30)35-27-15-13-25-33(35)37-34-26-14-16-28-36(34)39(31-21-9-3-10-22-31)32-23-11-4-12-24-32/h1-11,13-23,25-28H,12,24H2. The lowest BCUT2D eigenvalue weighted by molar-refractivity contribution is 0.490. The van der Waals surface area contributed by atoms with E-state index in [1.807, 2.05) is 0 Å². The number of benzene rings is 5. The van der Waals surface area contributed by atoms with Crippen LogP contribution >= 0.6 is 15.8 Å². The Kier molecular flexibility index (Phi) is 8.11. The Balaban J connectivity index is 1.45. The van der Waals surface area contributed by atoms with Crippen LogP contribution in [0.5, 0.6) is 11.5 Å². The van der Waals surface area contributed by atoms with Gasteiger partial charge in [-0.1, -0.05) is 146 Å². The minimum Gasteiger partial charge on any atom is -0.456 e. The first-order valence-corrected chi connectivity index (χ1v) is 16.0. The molecule has 0 saturated heterocycles. The minimum atomic E-state index is -0.784. The van der Waals surface area contributed by atoms with E-state index in [-0.39, 0.29) is 0 Å². The third-order valence-electron chi connectivity index (χ3n) is 6.75. The van der Waals surface area contributed by atoms with Crippen molar-refractivity contribution in [2.75, 3.05) is 0 Å². The maximum absolute atomic E-state index is 6.95. The van der Waals surface area contributed by atoms with Gasteiger partial charge in [0.05, 0.1) is 0 Å². The smallest absolute Gasteiger partial charge is 0.135 e. The highest BCUT2D eigenvalue weighted by Gasteiger charge is 2.25. The summed E-state index contributed by atoms with van der Waals surface area (Å²) < 4.78 is 6.95. The lowest BCUT2D eigenvalue weighted by Crippen LogP contribution is -2.22. The summed E-state index contributed by atoms with van der Waals surface area (Å²) in [6.07, 6.45) is 8.95. The lowest BCUT2D eigenvalue weighted by atomic mass is 10.2. The highest BCUT2D eigenvalue weighted by atomic mass is 31.1. The maximum atomic E-state index is 6.95. The number of hydrogen-bond acceptors (Lipinski definition) is 1. The van der Waals surface area contributed by atoms with Gasteiger partial charge in [0.1, 0.15) is 11.5 Å². The lowest BCUT2D eigenvalue weighted by Gasteiger charge is -2.26. The molecule has 1 aliphatic rings. The molecule has 1 nitrogen and oxygen atoms in total. The van der Waals surface area contributed by atoms with Crippen LogP contribution in [0, 0.1) is 0 Å². The van der Waals surface area contributed by atoms with Crippen LogP contribution in [-0.4, -0.2) is 0 Å². The Hall–Kier alpha value is -3.76. The maximum Gasteiger partial charge on any atom is 0.135 e. The molecule has 1 unspecified atom stereocenters. The molecule has 5 aromatic rings. The van der Waals surface area contributed by atoms with Crippen LogP contribution in [0.3, 0.4) is 0 Å². The molecule has 0 fully saturated rings. The molecule has 1 atom stereocenters. The van der Waals surface area contributed by atoms with Gasteiger partial charge in [0.2, 0.25) is 0 Å². The van der Waals surface area contributed by atoms with Crippen LogP contribution in [0.25, 0.3) is 0 Å². The molecule has 3 heteroatoms. The number of rotatable bonds is 8. The van der Waals surface area contributed by atoms with Crippen LogP contribution in [-0.2, 0) is 0 Å². The number of hydrogen-bond donors (Lipinski definition) is 0. The Morgan fingerprint density at radius 1 is 0.462 bits per heavy atom. The predicted molar refractivity (Wildman–Crippen MR) is 171 cm³/mol. The molecular formula is C36H30OP2. The number of para-hydroxylation sites is 2. The first-order valence-electron chi connectivity index (χ1n) is 13.4. The predicted octanol–water partition coefficient (Wildman–Crippen LogP) is 7.90. The topological polar surface area (TPSA) is 9.23 Å². The van der Waals surface area contributed by atoms with Crippen molar-refractivity contribution in [2.45, 2.75) is 12.8 Å². The van der Waals surface area contributed by atoms with E-state index in [1.165, 1.54) is 31.8 Å². The van der Waals surface area contributed by atoms with Gasteiger partial charge in [-0.2, -0.15) is 0 Å². The molecule has 0 heterocycles. The molecule has 0 saturated carbocycles. The second kappa shape index (κ2) is 12.4. The highest BCUT2D eigenvalue weighted by molar-refractivity contribution is 7.80. The Morgan fingerprint density at radius 2 is 0.897 bits per heavy atom. The second-order valence-corrected chi connectivity index (χ2v) is 13.8. The minimum absolute atomic E-state index is 0.708. The van der Waals surface area contributed by atoms with E-state index < -0.39 is 15.8 Å². The molecule has 0 aliphatic heterocycles. The van der Waals surface area contributed by atoms with E-state index in [0.717, 1.165) is 24.3 Å². The molecule has 0 radical (unpaired) electrons. The summed E-state index contributed by atoms with van der Waals surface area (Å²) in [5, 5.41) is 7.96. The zero-order chi connectivity index (χ0) is 26.3. The largest absolute Gasteiger partial charge is 0.456 e. The monoisotopic (exact) mass is 540 g/mol. The van der Waals surface area contributed by atoms with Gasteiger partial charge < -0.3 is 4.74 Å². The third kappa shape index (κ3) is 5.81. The molecular weight excluding hydrogens is 510 g/mol. The van der Waals surface area contributed by atoms with Crippen molar-refractivity contribution in [3.63, 3.8) is 0 Å². The van der Waals surface area contributed by atoms with Crippen molar-refractivity contribution in [1.82, 2.24) is 0 Å². The van der Waals surface area contributed by atoms with E-state index in [0.29, 0.717) is 0 Å². The van der Waals surface area contributed by atoms with Crippen molar-refractivity contribution in [2.24, 2.45) is 0 Å². The van der Waals surface area contributed by atoms with Gasteiger partial charge in [-0.15, -0.1) is 0 Å². The second-order valence-electron chi connectivity index (χ2n) is 9.34. The zero-order valence-corrected chi connectivity index (χ0v) is 23.5. The zero-order valence-electron chi connectivity index (χ0n) is 21.7. The van der Waals surface area contributed by atoms with Gasteiger partial charge in [-0.05, 0) is 62.0 Å². The summed E-state index contributed by atoms with van der Waals surface area (Å²) >= 11 is 0. The molecule has 0 bridgehead atoms. The molecule has 1 aliphatic carbocycles. The first-order chi connectivity index (χ1) is 19.4. The summed E-state index contributed by atoms with van der Waals surface area (Å²) in [5.41, 5.74) is 0. The van der Waals surface area contributed by atoms with Crippen LogP contribution in [0.2, 0.25) is 0 Å². The molecule has 39 heavy (non-hydrogen) atoms. The summed E-state index contributed by atoms with van der Waals surface area (Å²) in [6.45, 7) is 0. The van der Waals surface area contributed by atoms with Crippen LogP contribution in [0.15, 0.2) is 163 Å². The quantitative estimate of drug-likeness (QED) is 0.182. The average Bonchev–Trinajstić information content (AvgIpc) is 3.01. The van der Waals surface area contributed by atoms with Gasteiger partial charge in [0.25, 0.3) is 0 Å². The Bertz CT molecular complexity index is 1540. The molecule has 0 aromatic heterocycles. The molecule has 6 rings (SSSR count). The highest BCUT2D eigenvalue weighted by Crippen LogP contribution is 2.49. The van der Waals surface area contributed by atoms with E-state index >= 15 is 0 Å². The molecule has 0 spiro atoms. The fourth-order valence-electron chi connectivity index (χ4n) is 4.97. The van der Waals surface area contributed by atoms with Gasteiger partial charge in [-0.3, -0.25) is 0 Å². The van der Waals surface area contributed by atoms with Crippen molar-refractivity contribution >= 4 is 42.4 Å². The molecule has 190 valence electrons. The van der Waals surface area contributed by atoms with E-state index in [2.05, 4.69) is 158 Å². The Labute approximate surface area is 234 Å². The van der Waals surface area contributed by atoms with Crippen molar-refractivity contribution in [3.8, 4) is 11.5 Å². The van der Waals surface area contributed by atoms with Gasteiger partial charge >= 0.3 is 0 Å². The van der Waals surface area contributed by atoms with E-state index in [1.54, 1.807) is 0 Å². The van der Waals surface area contributed by atoms with Crippen molar-refractivity contribution in [1.29, 1.82) is 0 Å². The first kappa shape index (κ1) is 25.5. The normalized spacial score (nSPS) is 13.6. The van der Waals surface area contributed by atoms with Gasteiger partial charge in [-0.25, -0.2) is 0 Å². The van der Waals surface area contributed by atoms with Crippen LogP contribution in [0.1, 0.15) is 12.8 Å². The van der Waals surface area contributed by atoms with Crippen molar-refractivity contribution < 1.29 is 4.74 Å².